The van der Waals surface area contributed by atoms with Crippen LogP contribution in [0.1, 0.15) is 24.5 Å². The highest BCUT2D eigenvalue weighted by atomic mass is 16.2. The van der Waals surface area contributed by atoms with Crippen LogP contribution in [0.4, 0.5) is 10.5 Å². The Morgan fingerprint density at radius 2 is 1.95 bits per heavy atom. The molecule has 5 heteroatoms. The van der Waals surface area contributed by atoms with Crippen LogP contribution in [0.25, 0.3) is 0 Å². The molecule has 0 unspecified atom stereocenters. The molecule has 3 N–H and O–H groups in total. The first kappa shape index (κ1) is 15.0. The summed E-state index contributed by atoms with van der Waals surface area (Å²) in [5.74, 6) is -0.352. The lowest BCUT2D eigenvalue weighted by Crippen LogP contribution is -2.42. The van der Waals surface area contributed by atoms with E-state index in [1.165, 1.54) is 0 Å². The van der Waals surface area contributed by atoms with Gasteiger partial charge in [-0.15, -0.1) is 0 Å². The van der Waals surface area contributed by atoms with Crippen LogP contribution in [0.3, 0.4) is 0 Å². The van der Waals surface area contributed by atoms with E-state index in [1.807, 2.05) is 39.0 Å². The van der Waals surface area contributed by atoms with Crippen molar-refractivity contribution in [1.82, 2.24) is 10.6 Å². The van der Waals surface area contributed by atoms with Crippen LogP contribution in [-0.4, -0.2) is 25.0 Å². The zero-order valence-corrected chi connectivity index (χ0v) is 11.7. The molecule has 0 aliphatic heterocycles. The highest BCUT2D eigenvalue weighted by Crippen LogP contribution is 2.15. The van der Waals surface area contributed by atoms with Gasteiger partial charge in [-0.2, -0.15) is 0 Å². The van der Waals surface area contributed by atoms with E-state index in [1.54, 1.807) is 0 Å². The Morgan fingerprint density at radius 3 is 2.63 bits per heavy atom. The van der Waals surface area contributed by atoms with Crippen molar-refractivity contribution in [2.24, 2.45) is 0 Å². The largest absolute Gasteiger partial charge is 0.376 e. The fourth-order valence-corrected chi connectivity index (χ4v) is 1.56. The van der Waals surface area contributed by atoms with Crippen molar-refractivity contribution in [3.05, 3.63) is 29.3 Å². The summed E-state index contributed by atoms with van der Waals surface area (Å²) in [6.45, 7) is 6.54. The number of anilines is 1. The molecule has 5 nitrogen and oxygen atoms in total. The lowest BCUT2D eigenvalue weighted by atomic mass is 10.1. The Labute approximate surface area is 113 Å². The van der Waals surface area contributed by atoms with E-state index in [4.69, 9.17) is 0 Å². The molecule has 0 radical (unpaired) electrons. The number of carbonyl (C=O) groups is 2. The second-order valence-electron chi connectivity index (χ2n) is 4.48. The van der Waals surface area contributed by atoms with Crippen molar-refractivity contribution in [1.29, 1.82) is 0 Å². The van der Waals surface area contributed by atoms with Crippen molar-refractivity contribution in [2.75, 3.05) is 18.4 Å². The lowest BCUT2D eigenvalue weighted by molar-refractivity contribution is -0.118. The van der Waals surface area contributed by atoms with E-state index >= 15 is 0 Å². The number of imide groups is 1. The lowest BCUT2D eigenvalue weighted by Gasteiger charge is -2.10. The number of carbonyl (C=O) groups excluding carboxylic acids is 2. The molecule has 1 aromatic carbocycles. The Bertz CT molecular complexity index is 458. The maximum atomic E-state index is 11.6. The fourth-order valence-electron chi connectivity index (χ4n) is 1.56. The van der Waals surface area contributed by atoms with Crippen LogP contribution in [0.15, 0.2) is 18.2 Å². The smallest absolute Gasteiger partial charge is 0.321 e. The van der Waals surface area contributed by atoms with Gasteiger partial charge in [-0.3, -0.25) is 10.1 Å². The number of aryl methyl sites for hydroxylation is 2. The van der Waals surface area contributed by atoms with Gasteiger partial charge in [0.1, 0.15) is 0 Å². The summed E-state index contributed by atoms with van der Waals surface area (Å²) in [6, 6.07) is 5.52. The molecule has 104 valence electrons. The highest BCUT2D eigenvalue weighted by molar-refractivity contribution is 5.96. The van der Waals surface area contributed by atoms with Crippen LogP contribution in [0.5, 0.6) is 0 Å². The van der Waals surface area contributed by atoms with Crippen LogP contribution in [-0.2, 0) is 4.79 Å². The van der Waals surface area contributed by atoms with Gasteiger partial charge in [-0.1, -0.05) is 19.1 Å². The maximum absolute atomic E-state index is 11.6. The van der Waals surface area contributed by atoms with Gasteiger partial charge < -0.3 is 10.6 Å². The van der Waals surface area contributed by atoms with E-state index in [9.17, 15) is 9.59 Å². The molecule has 0 saturated carbocycles. The maximum Gasteiger partial charge on any atom is 0.321 e. The molecule has 1 aromatic rings. The standard InChI is InChI=1S/C14H21N3O2/c1-4-7-15-14(19)17-13(18)9-16-12-8-10(2)5-6-11(12)3/h5-6,8,16H,4,7,9H2,1-3H3,(H2,15,17,18,19). The number of amides is 3. The summed E-state index contributed by atoms with van der Waals surface area (Å²) < 4.78 is 0. The molecule has 0 aliphatic rings. The molecule has 1 rings (SSSR count). The van der Waals surface area contributed by atoms with E-state index < -0.39 is 6.03 Å². The number of rotatable bonds is 5. The minimum atomic E-state index is -0.449. The summed E-state index contributed by atoms with van der Waals surface area (Å²) in [5.41, 5.74) is 3.09. The number of nitrogens with one attached hydrogen (secondary N) is 3. The van der Waals surface area contributed by atoms with Gasteiger partial charge in [0.25, 0.3) is 0 Å². The fraction of sp³-hybridized carbons (Fsp3) is 0.429. The van der Waals surface area contributed by atoms with Gasteiger partial charge in [0.2, 0.25) is 5.91 Å². The molecule has 0 atom stereocenters. The summed E-state index contributed by atoms with van der Waals surface area (Å²) in [7, 11) is 0. The number of urea groups is 1. The monoisotopic (exact) mass is 263 g/mol. The first-order chi connectivity index (χ1) is 9.02. The predicted molar refractivity (Wildman–Crippen MR) is 76.2 cm³/mol. The zero-order chi connectivity index (χ0) is 14.3. The second kappa shape index (κ2) is 7.41. The Kier molecular flexibility index (Phi) is 5.85. The molecular formula is C14H21N3O2. The second-order valence-corrected chi connectivity index (χ2v) is 4.48. The number of benzene rings is 1. The summed E-state index contributed by atoms with van der Waals surface area (Å²) >= 11 is 0. The number of hydrogen-bond donors (Lipinski definition) is 3. The predicted octanol–water partition coefficient (Wildman–Crippen LogP) is 1.95. The van der Waals surface area contributed by atoms with Crippen LogP contribution >= 0.6 is 0 Å². The molecule has 0 heterocycles. The molecule has 3 amide bonds. The van der Waals surface area contributed by atoms with Crippen molar-refractivity contribution in [3.8, 4) is 0 Å². The third-order valence-corrected chi connectivity index (χ3v) is 2.62. The highest BCUT2D eigenvalue weighted by Gasteiger charge is 2.07. The Hall–Kier alpha value is -2.04. The van der Waals surface area contributed by atoms with Gasteiger partial charge in [-0.25, -0.2) is 4.79 Å². The zero-order valence-electron chi connectivity index (χ0n) is 11.7. The van der Waals surface area contributed by atoms with E-state index in [0.29, 0.717) is 6.54 Å². The number of hydrogen-bond acceptors (Lipinski definition) is 3. The summed E-state index contributed by atoms with van der Waals surface area (Å²) in [4.78, 5) is 22.8. The molecule has 0 fully saturated rings. The van der Waals surface area contributed by atoms with Crippen molar-refractivity contribution >= 4 is 17.6 Å². The van der Waals surface area contributed by atoms with Crippen molar-refractivity contribution in [3.63, 3.8) is 0 Å². The van der Waals surface area contributed by atoms with E-state index in [-0.39, 0.29) is 12.5 Å². The van der Waals surface area contributed by atoms with Crippen molar-refractivity contribution in [2.45, 2.75) is 27.2 Å². The van der Waals surface area contributed by atoms with Crippen molar-refractivity contribution < 1.29 is 9.59 Å². The third kappa shape index (κ3) is 5.42. The minimum Gasteiger partial charge on any atom is -0.376 e. The topological polar surface area (TPSA) is 70.2 Å². The van der Waals surface area contributed by atoms with E-state index in [0.717, 1.165) is 23.2 Å². The molecule has 0 bridgehead atoms. The third-order valence-electron chi connectivity index (χ3n) is 2.62. The average molecular weight is 263 g/mol. The quantitative estimate of drug-likeness (QED) is 0.760. The first-order valence-corrected chi connectivity index (χ1v) is 6.41. The molecule has 0 saturated heterocycles. The van der Waals surface area contributed by atoms with Crippen LogP contribution in [0, 0.1) is 13.8 Å². The normalized spacial score (nSPS) is 9.84. The van der Waals surface area contributed by atoms with Gasteiger partial charge in [0, 0.05) is 12.2 Å². The summed E-state index contributed by atoms with van der Waals surface area (Å²) in [5, 5.41) is 7.87. The Morgan fingerprint density at radius 1 is 1.21 bits per heavy atom. The van der Waals surface area contributed by atoms with E-state index in [2.05, 4.69) is 16.0 Å². The Balaban J connectivity index is 2.41. The minimum absolute atomic E-state index is 0.0733. The first-order valence-electron chi connectivity index (χ1n) is 6.41. The average Bonchev–Trinajstić information content (AvgIpc) is 2.37. The SMILES string of the molecule is CCCNC(=O)NC(=O)CNc1cc(C)ccc1C. The molecule has 19 heavy (non-hydrogen) atoms. The van der Waals surface area contributed by atoms with Gasteiger partial charge >= 0.3 is 6.03 Å². The van der Waals surface area contributed by atoms with Crippen LogP contribution in [0.2, 0.25) is 0 Å². The molecular weight excluding hydrogens is 242 g/mol. The van der Waals surface area contributed by atoms with Crippen LogP contribution < -0.4 is 16.0 Å². The summed E-state index contributed by atoms with van der Waals surface area (Å²) in [6.07, 6.45) is 0.836. The molecule has 0 spiro atoms. The van der Waals surface area contributed by atoms with Gasteiger partial charge in [-0.05, 0) is 37.5 Å². The van der Waals surface area contributed by atoms with Gasteiger partial charge in [0.05, 0.1) is 6.54 Å². The molecule has 0 aromatic heterocycles. The molecule has 0 aliphatic carbocycles. The van der Waals surface area contributed by atoms with Gasteiger partial charge in [0.15, 0.2) is 0 Å².